The topological polar surface area (TPSA) is 66.8 Å². The molecule has 0 aliphatic heterocycles. The Labute approximate surface area is 144 Å². The van der Waals surface area contributed by atoms with Gasteiger partial charge in [0.25, 0.3) is 0 Å². The van der Waals surface area contributed by atoms with Gasteiger partial charge in [0, 0.05) is 5.56 Å². The molecule has 0 saturated heterocycles. The molecule has 1 aromatic rings. The number of hydrogen-bond donors (Lipinski definition) is 2. The van der Waals surface area contributed by atoms with Gasteiger partial charge in [0.2, 0.25) is 0 Å². The van der Waals surface area contributed by atoms with Crippen LogP contribution in [0.15, 0.2) is 12.1 Å². The van der Waals surface area contributed by atoms with E-state index in [1.807, 2.05) is 13.0 Å². The summed E-state index contributed by atoms with van der Waals surface area (Å²) in [6.07, 6.45) is 6.57. The van der Waals surface area contributed by atoms with Gasteiger partial charge in [0.1, 0.15) is 5.75 Å². The number of ether oxygens (including phenoxy) is 1. The molecule has 1 unspecified atom stereocenters. The van der Waals surface area contributed by atoms with E-state index in [1.165, 1.54) is 19.3 Å². The van der Waals surface area contributed by atoms with Crippen LogP contribution in [0.3, 0.4) is 0 Å². The van der Waals surface area contributed by atoms with Gasteiger partial charge in [0.15, 0.2) is 5.60 Å². The fourth-order valence-electron chi connectivity index (χ4n) is 3.96. The first-order valence-electron chi connectivity index (χ1n) is 9.00. The molecule has 0 aromatic heterocycles. The number of aryl methyl sites for hydroxylation is 1. The third-order valence-electron chi connectivity index (χ3n) is 5.70. The fourth-order valence-corrected chi connectivity index (χ4v) is 3.96. The molecule has 134 valence electrons. The normalized spacial score (nSPS) is 19.5. The molecule has 1 fully saturated rings. The highest BCUT2D eigenvalue weighted by Crippen LogP contribution is 2.46. The standard InChI is InChI=1S/C20H30O4/c1-5-14-12-15(20(23,6-2)18(21)22)13-16(17(14)24-4)19(3)10-8-7-9-11-19/h12-13,23H,5-11H2,1-4H3,(H,21,22). The van der Waals surface area contributed by atoms with E-state index < -0.39 is 11.6 Å². The molecule has 0 bridgehead atoms. The lowest BCUT2D eigenvalue weighted by Crippen LogP contribution is -2.36. The number of benzene rings is 1. The van der Waals surface area contributed by atoms with E-state index in [4.69, 9.17) is 4.74 Å². The van der Waals surface area contributed by atoms with E-state index in [-0.39, 0.29) is 11.8 Å². The number of methoxy groups -OCH3 is 1. The van der Waals surface area contributed by atoms with Gasteiger partial charge in [-0.2, -0.15) is 0 Å². The highest BCUT2D eigenvalue weighted by Gasteiger charge is 2.39. The first-order chi connectivity index (χ1) is 11.3. The summed E-state index contributed by atoms with van der Waals surface area (Å²) in [7, 11) is 1.67. The van der Waals surface area contributed by atoms with Crippen LogP contribution in [0.4, 0.5) is 0 Å². The third kappa shape index (κ3) is 3.16. The van der Waals surface area contributed by atoms with Crippen LogP contribution in [-0.2, 0) is 22.2 Å². The second-order valence-corrected chi connectivity index (χ2v) is 7.21. The first-order valence-corrected chi connectivity index (χ1v) is 9.00. The minimum atomic E-state index is -1.85. The van der Waals surface area contributed by atoms with Crippen molar-refractivity contribution in [3.8, 4) is 5.75 Å². The summed E-state index contributed by atoms with van der Waals surface area (Å²) in [5.74, 6) is -0.341. The average molecular weight is 334 g/mol. The monoisotopic (exact) mass is 334 g/mol. The second-order valence-electron chi connectivity index (χ2n) is 7.21. The number of aliphatic carboxylic acids is 1. The fraction of sp³-hybridized carbons (Fsp3) is 0.650. The summed E-state index contributed by atoms with van der Waals surface area (Å²) in [6, 6.07) is 3.67. The Balaban J connectivity index is 2.68. The molecular formula is C20H30O4. The summed E-state index contributed by atoms with van der Waals surface area (Å²) < 4.78 is 5.72. The lowest BCUT2D eigenvalue weighted by Gasteiger charge is -2.37. The number of rotatable bonds is 6. The van der Waals surface area contributed by atoms with Crippen LogP contribution in [0.1, 0.15) is 76.0 Å². The highest BCUT2D eigenvalue weighted by molar-refractivity contribution is 5.79. The second kappa shape index (κ2) is 7.14. The maximum atomic E-state index is 11.7. The molecule has 1 aromatic carbocycles. The van der Waals surface area contributed by atoms with E-state index in [0.717, 1.165) is 36.1 Å². The first kappa shape index (κ1) is 18.8. The van der Waals surface area contributed by atoms with Gasteiger partial charge in [-0.3, -0.25) is 0 Å². The van der Waals surface area contributed by atoms with Crippen LogP contribution in [0, 0.1) is 0 Å². The zero-order valence-electron chi connectivity index (χ0n) is 15.3. The van der Waals surface area contributed by atoms with Crippen LogP contribution < -0.4 is 4.74 Å². The summed E-state index contributed by atoms with van der Waals surface area (Å²) in [5, 5.41) is 20.3. The number of carboxylic acids is 1. The molecule has 1 aliphatic rings. The van der Waals surface area contributed by atoms with Gasteiger partial charge in [-0.15, -0.1) is 0 Å². The molecule has 1 aliphatic carbocycles. The number of aliphatic hydroxyl groups is 1. The minimum Gasteiger partial charge on any atom is -0.496 e. The van der Waals surface area contributed by atoms with E-state index in [0.29, 0.717) is 5.56 Å². The van der Waals surface area contributed by atoms with Crippen molar-refractivity contribution in [2.45, 2.75) is 76.7 Å². The number of carboxylic acid groups (broad SMARTS) is 1. The van der Waals surface area contributed by atoms with E-state index in [9.17, 15) is 15.0 Å². The minimum absolute atomic E-state index is 0.0311. The van der Waals surface area contributed by atoms with Crippen molar-refractivity contribution in [1.29, 1.82) is 0 Å². The van der Waals surface area contributed by atoms with Crippen molar-refractivity contribution >= 4 is 5.97 Å². The van der Waals surface area contributed by atoms with Crippen LogP contribution in [0.5, 0.6) is 5.75 Å². The molecule has 24 heavy (non-hydrogen) atoms. The van der Waals surface area contributed by atoms with Crippen molar-refractivity contribution < 1.29 is 19.7 Å². The Kier molecular flexibility index (Phi) is 5.59. The molecule has 4 nitrogen and oxygen atoms in total. The Bertz CT molecular complexity index is 602. The largest absolute Gasteiger partial charge is 0.496 e. The van der Waals surface area contributed by atoms with Gasteiger partial charge in [-0.05, 0) is 54.4 Å². The van der Waals surface area contributed by atoms with Crippen molar-refractivity contribution in [3.63, 3.8) is 0 Å². The SMILES string of the molecule is CCc1cc(C(O)(CC)C(=O)O)cc(C2(C)CCCCC2)c1OC. The number of hydrogen-bond acceptors (Lipinski definition) is 3. The van der Waals surface area contributed by atoms with Crippen molar-refractivity contribution in [3.05, 3.63) is 28.8 Å². The van der Waals surface area contributed by atoms with Crippen LogP contribution in [0.2, 0.25) is 0 Å². The molecule has 0 spiro atoms. The van der Waals surface area contributed by atoms with E-state index >= 15 is 0 Å². The van der Waals surface area contributed by atoms with Gasteiger partial charge in [0.05, 0.1) is 7.11 Å². The Morgan fingerprint density at radius 2 is 1.88 bits per heavy atom. The average Bonchev–Trinajstić information content (AvgIpc) is 2.60. The Morgan fingerprint density at radius 1 is 1.25 bits per heavy atom. The smallest absolute Gasteiger partial charge is 0.340 e. The highest BCUT2D eigenvalue weighted by atomic mass is 16.5. The van der Waals surface area contributed by atoms with Crippen LogP contribution in [-0.4, -0.2) is 23.3 Å². The molecule has 1 atom stereocenters. The zero-order valence-corrected chi connectivity index (χ0v) is 15.3. The van der Waals surface area contributed by atoms with Crippen molar-refractivity contribution in [2.24, 2.45) is 0 Å². The zero-order chi connectivity index (χ0) is 18.0. The van der Waals surface area contributed by atoms with Gasteiger partial charge < -0.3 is 14.9 Å². The third-order valence-corrected chi connectivity index (χ3v) is 5.70. The van der Waals surface area contributed by atoms with Crippen molar-refractivity contribution in [2.75, 3.05) is 7.11 Å². The maximum Gasteiger partial charge on any atom is 0.340 e. The molecule has 0 heterocycles. The molecule has 2 rings (SSSR count). The van der Waals surface area contributed by atoms with E-state index in [1.54, 1.807) is 20.1 Å². The number of carbonyl (C=O) groups is 1. The Morgan fingerprint density at radius 3 is 2.33 bits per heavy atom. The van der Waals surface area contributed by atoms with Gasteiger partial charge >= 0.3 is 5.97 Å². The van der Waals surface area contributed by atoms with Gasteiger partial charge in [-0.25, -0.2) is 4.79 Å². The molecule has 1 saturated carbocycles. The van der Waals surface area contributed by atoms with Crippen molar-refractivity contribution in [1.82, 2.24) is 0 Å². The lowest BCUT2D eigenvalue weighted by molar-refractivity contribution is -0.160. The molecule has 0 radical (unpaired) electrons. The van der Waals surface area contributed by atoms with E-state index in [2.05, 4.69) is 6.92 Å². The predicted molar refractivity (Wildman–Crippen MR) is 94.6 cm³/mol. The maximum absolute atomic E-state index is 11.7. The summed E-state index contributed by atoms with van der Waals surface area (Å²) in [6.45, 7) is 5.96. The van der Waals surface area contributed by atoms with Crippen LogP contribution in [0.25, 0.3) is 0 Å². The van der Waals surface area contributed by atoms with Gasteiger partial charge in [-0.1, -0.05) is 40.0 Å². The summed E-state index contributed by atoms with van der Waals surface area (Å²) in [5.41, 5.74) is 0.598. The molecule has 2 N–H and O–H groups in total. The predicted octanol–water partition coefficient (Wildman–Crippen LogP) is 4.16. The summed E-state index contributed by atoms with van der Waals surface area (Å²) in [4.78, 5) is 11.7. The lowest BCUT2D eigenvalue weighted by atomic mass is 9.69. The summed E-state index contributed by atoms with van der Waals surface area (Å²) >= 11 is 0. The Hall–Kier alpha value is -1.55. The molecule has 0 amide bonds. The van der Waals surface area contributed by atoms with Crippen LogP contribution >= 0.6 is 0 Å². The quantitative estimate of drug-likeness (QED) is 0.819. The molecule has 4 heteroatoms. The molecular weight excluding hydrogens is 304 g/mol.